The lowest BCUT2D eigenvalue weighted by molar-refractivity contribution is -0.161. The van der Waals surface area contributed by atoms with Gasteiger partial charge in [0, 0.05) is 12.8 Å². The van der Waals surface area contributed by atoms with Gasteiger partial charge in [0.25, 0.3) is 0 Å². The highest BCUT2D eigenvalue weighted by Crippen LogP contribution is 2.14. The monoisotopic (exact) mass is 665 g/mol. The van der Waals surface area contributed by atoms with Gasteiger partial charge in [-0.05, 0) is 51.4 Å². The zero-order valence-corrected chi connectivity index (χ0v) is 30.3. The Morgan fingerprint density at radius 3 is 1.64 bits per heavy atom. The van der Waals surface area contributed by atoms with Crippen LogP contribution in [-0.4, -0.2) is 58.8 Å². The summed E-state index contributed by atoms with van der Waals surface area (Å²) < 4.78 is 10.5. The quantitative estimate of drug-likeness (QED) is 0.0357. The van der Waals surface area contributed by atoms with Crippen molar-refractivity contribution in [1.29, 1.82) is 0 Å². The molecule has 274 valence electrons. The number of esters is 2. The molecule has 0 fully saturated rings. The van der Waals surface area contributed by atoms with E-state index in [9.17, 15) is 24.9 Å². The zero-order valence-electron chi connectivity index (χ0n) is 30.3. The SMILES string of the molecule is CCCCC/C=C\C/C=C\C/C=C\CC(O)C(O)CCCC(=O)O[C@@H](CO)COC(=O)CCCCCCCCCCCCCCCC. The third-order valence-electron chi connectivity index (χ3n) is 8.39. The first-order valence-electron chi connectivity index (χ1n) is 19.2. The van der Waals surface area contributed by atoms with E-state index < -0.39 is 30.9 Å². The van der Waals surface area contributed by atoms with Crippen molar-refractivity contribution in [2.24, 2.45) is 0 Å². The van der Waals surface area contributed by atoms with Crippen LogP contribution in [0.2, 0.25) is 0 Å². The minimum atomic E-state index is -0.940. The molecule has 0 bridgehead atoms. The molecule has 0 saturated heterocycles. The van der Waals surface area contributed by atoms with Crippen LogP contribution in [0.1, 0.15) is 174 Å². The maximum atomic E-state index is 12.2. The van der Waals surface area contributed by atoms with Crippen molar-refractivity contribution >= 4 is 11.9 Å². The number of allylic oxidation sites excluding steroid dienone is 5. The standard InChI is InChI=1S/C40H72O7/c1-3-5-7-9-11-13-15-17-18-20-22-24-26-28-32-39(44)46-35-36(34-41)47-40(45)33-29-31-38(43)37(42)30-27-25-23-21-19-16-14-12-10-8-6-4-2/h12,14,19,21,25,27,36-38,41-43H,3-11,13,15-18,20,22-24,26,28-35H2,1-2H3/b14-12-,21-19-,27-25-/t36-,37?,38?/m0/s1. The summed E-state index contributed by atoms with van der Waals surface area (Å²) >= 11 is 0. The second-order valence-corrected chi connectivity index (χ2v) is 13.0. The first-order valence-corrected chi connectivity index (χ1v) is 19.2. The molecule has 0 aliphatic heterocycles. The highest BCUT2D eigenvalue weighted by atomic mass is 16.6. The van der Waals surface area contributed by atoms with Gasteiger partial charge in [0.2, 0.25) is 0 Å². The summed E-state index contributed by atoms with van der Waals surface area (Å²) in [6.07, 6.45) is 35.2. The van der Waals surface area contributed by atoms with Crippen LogP contribution >= 0.6 is 0 Å². The number of aliphatic hydroxyl groups excluding tert-OH is 3. The molecule has 2 unspecified atom stereocenters. The minimum absolute atomic E-state index is 0.0426. The van der Waals surface area contributed by atoms with Crippen LogP contribution in [0.25, 0.3) is 0 Å². The fourth-order valence-electron chi connectivity index (χ4n) is 5.30. The van der Waals surface area contributed by atoms with Gasteiger partial charge in [-0.25, -0.2) is 0 Å². The second-order valence-electron chi connectivity index (χ2n) is 13.0. The molecule has 0 radical (unpaired) electrons. The Balaban J connectivity index is 3.82. The van der Waals surface area contributed by atoms with E-state index in [4.69, 9.17) is 9.47 Å². The van der Waals surface area contributed by atoms with Gasteiger partial charge in [0.15, 0.2) is 6.10 Å². The molecule has 0 aliphatic rings. The van der Waals surface area contributed by atoms with Crippen molar-refractivity contribution in [2.75, 3.05) is 13.2 Å². The van der Waals surface area contributed by atoms with Crippen LogP contribution in [0.15, 0.2) is 36.5 Å². The molecule has 0 saturated carbocycles. The molecule has 0 aromatic carbocycles. The molecule has 0 rings (SSSR count). The van der Waals surface area contributed by atoms with Gasteiger partial charge in [-0.3, -0.25) is 9.59 Å². The Labute approximate surface area is 288 Å². The van der Waals surface area contributed by atoms with Crippen LogP contribution in [0, 0.1) is 0 Å². The predicted molar refractivity (Wildman–Crippen MR) is 194 cm³/mol. The smallest absolute Gasteiger partial charge is 0.306 e. The molecule has 0 amide bonds. The lowest BCUT2D eigenvalue weighted by atomic mass is 10.0. The second kappa shape index (κ2) is 35.3. The number of carbonyl (C=O) groups excluding carboxylic acids is 2. The Bertz CT molecular complexity index is 791. The molecule has 7 heteroatoms. The molecule has 0 aromatic rings. The third-order valence-corrected chi connectivity index (χ3v) is 8.39. The molecular formula is C40H72O7. The van der Waals surface area contributed by atoms with Crippen molar-refractivity contribution in [3.05, 3.63) is 36.5 Å². The highest BCUT2D eigenvalue weighted by Gasteiger charge is 2.18. The van der Waals surface area contributed by atoms with E-state index in [1.807, 2.05) is 12.2 Å². The summed E-state index contributed by atoms with van der Waals surface area (Å²) in [5.74, 6) is -0.873. The van der Waals surface area contributed by atoms with Crippen LogP contribution in [0.5, 0.6) is 0 Å². The molecular weight excluding hydrogens is 592 g/mol. The van der Waals surface area contributed by atoms with E-state index in [0.717, 1.165) is 38.5 Å². The van der Waals surface area contributed by atoms with Crippen LogP contribution < -0.4 is 0 Å². The number of rotatable bonds is 34. The number of aliphatic hydroxyl groups is 3. The lowest BCUT2D eigenvalue weighted by Gasteiger charge is -2.17. The van der Waals surface area contributed by atoms with E-state index in [-0.39, 0.29) is 25.4 Å². The average Bonchev–Trinajstić information content (AvgIpc) is 3.07. The molecule has 47 heavy (non-hydrogen) atoms. The fraction of sp³-hybridized carbons (Fsp3) is 0.800. The van der Waals surface area contributed by atoms with Gasteiger partial charge < -0.3 is 24.8 Å². The van der Waals surface area contributed by atoms with Gasteiger partial charge in [-0.2, -0.15) is 0 Å². The molecule has 7 nitrogen and oxygen atoms in total. The first kappa shape index (κ1) is 45.0. The largest absolute Gasteiger partial charge is 0.462 e. The summed E-state index contributed by atoms with van der Waals surface area (Å²) in [5.41, 5.74) is 0. The van der Waals surface area contributed by atoms with E-state index in [2.05, 4.69) is 38.2 Å². The van der Waals surface area contributed by atoms with Gasteiger partial charge in [0.05, 0.1) is 18.8 Å². The molecule has 0 aliphatic carbocycles. The van der Waals surface area contributed by atoms with Crippen molar-refractivity contribution < 1.29 is 34.4 Å². The van der Waals surface area contributed by atoms with Crippen molar-refractivity contribution in [1.82, 2.24) is 0 Å². The first-order chi connectivity index (χ1) is 22.9. The van der Waals surface area contributed by atoms with E-state index in [1.165, 1.54) is 89.9 Å². The third kappa shape index (κ3) is 32.4. The summed E-state index contributed by atoms with van der Waals surface area (Å²) in [7, 11) is 0. The van der Waals surface area contributed by atoms with Gasteiger partial charge in [-0.1, -0.05) is 147 Å². The maximum absolute atomic E-state index is 12.2. The van der Waals surface area contributed by atoms with Crippen molar-refractivity contribution in [2.45, 2.75) is 193 Å². The van der Waals surface area contributed by atoms with Crippen LogP contribution in [0.3, 0.4) is 0 Å². The van der Waals surface area contributed by atoms with Crippen LogP contribution in [-0.2, 0) is 19.1 Å². The average molecular weight is 665 g/mol. The number of ether oxygens (including phenoxy) is 2. The molecule has 0 heterocycles. The Hall–Kier alpha value is -1.96. The summed E-state index contributed by atoms with van der Waals surface area (Å²) in [5, 5.41) is 30.0. The van der Waals surface area contributed by atoms with E-state index in [0.29, 0.717) is 19.3 Å². The number of carbonyl (C=O) groups is 2. The molecule has 3 atom stereocenters. The molecule has 3 N–H and O–H groups in total. The normalized spacial score (nSPS) is 13.9. The van der Waals surface area contributed by atoms with Crippen molar-refractivity contribution in [3.63, 3.8) is 0 Å². The number of hydrogen-bond acceptors (Lipinski definition) is 7. The maximum Gasteiger partial charge on any atom is 0.306 e. The zero-order chi connectivity index (χ0) is 34.6. The Morgan fingerprint density at radius 1 is 0.574 bits per heavy atom. The fourth-order valence-corrected chi connectivity index (χ4v) is 5.30. The number of unbranched alkanes of at least 4 members (excludes halogenated alkanes) is 16. The van der Waals surface area contributed by atoms with Crippen LogP contribution in [0.4, 0.5) is 0 Å². The van der Waals surface area contributed by atoms with Crippen molar-refractivity contribution in [3.8, 4) is 0 Å². The summed E-state index contributed by atoms with van der Waals surface area (Å²) in [6, 6.07) is 0. The summed E-state index contributed by atoms with van der Waals surface area (Å²) in [6.45, 7) is 3.86. The summed E-state index contributed by atoms with van der Waals surface area (Å²) in [4.78, 5) is 24.3. The Morgan fingerprint density at radius 2 is 1.06 bits per heavy atom. The minimum Gasteiger partial charge on any atom is -0.462 e. The number of hydrogen-bond donors (Lipinski definition) is 3. The molecule has 0 spiro atoms. The van der Waals surface area contributed by atoms with Gasteiger partial charge in [-0.15, -0.1) is 0 Å². The van der Waals surface area contributed by atoms with Gasteiger partial charge >= 0.3 is 11.9 Å². The molecule has 0 aromatic heterocycles. The highest BCUT2D eigenvalue weighted by molar-refractivity contribution is 5.70. The van der Waals surface area contributed by atoms with E-state index in [1.54, 1.807) is 0 Å². The Kier molecular flexibility index (Phi) is 33.9. The topological polar surface area (TPSA) is 113 Å². The lowest BCUT2D eigenvalue weighted by Crippen LogP contribution is -2.29. The van der Waals surface area contributed by atoms with Gasteiger partial charge in [0.1, 0.15) is 6.61 Å². The predicted octanol–water partition coefficient (Wildman–Crippen LogP) is 9.62. The van der Waals surface area contributed by atoms with E-state index >= 15 is 0 Å².